The Morgan fingerprint density at radius 2 is 2.00 bits per heavy atom. The van der Waals surface area contributed by atoms with Gasteiger partial charge >= 0.3 is 0 Å². The normalized spacial score (nSPS) is 11.8. The zero-order valence-corrected chi connectivity index (χ0v) is 13.6. The molecule has 0 fully saturated rings. The average Bonchev–Trinajstić information content (AvgIpc) is 2.54. The number of nitro groups is 1. The number of carbonyl (C=O) groups excluding carboxylic acids is 1. The Balaban J connectivity index is 2.33. The summed E-state index contributed by atoms with van der Waals surface area (Å²) >= 11 is 6.01. The average molecular weight is 333 g/mol. The van der Waals surface area contributed by atoms with Crippen molar-refractivity contribution in [2.45, 2.75) is 26.2 Å². The Bertz CT molecular complexity index is 746. The molecule has 0 radical (unpaired) electrons. The molecule has 6 heteroatoms. The summed E-state index contributed by atoms with van der Waals surface area (Å²) in [5, 5.41) is 13.8. The number of halogens is 1. The zero-order chi connectivity index (χ0) is 17.0. The summed E-state index contributed by atoms with van der Waals surface area (Å²) in [4.78, 5) is 22.8. The van der Waals surface area contributed by atoms with E-state index >= 15 is 0 Å². The van der Waals surface area contributed by atoms with Crippen LogP contribution in [0.5, 0.6) is 0 Å². The van der Waals surface area contributed by atoms with Crippen LogP contribution < -0.4 is 5.32 Å². The molecule has 0 bridgehead atoms. The van der Waals surface area contributed by atoms with Gasteiger partial charge < -0.3 is 5.32 Å². The van der Waals surface area contributed by atoms with Crippen molar-refractivity contribution in [3.8, 4) is 0 Å². The van der Waals surface area contributed by atoms with Crippen LogP contribution in [0.2, 0.25) is 5.02 Å². The number of hydrogen-bond acceptors (Lipinski definition) is 3. The maximum atomic E-state index is 12.5. The molecule has 1 amide bonds. The van der Waals surface area contributed by atoms with Crippen molar-refractivity contribution in [1.29, 1.82) is 0 Å². The topological polar surface area (TPSA) is 72.2 Å². The molecule has 0 aliphatic rings. The van der Waals surface area contributed by atoms with Gasteiger partial charge in [0.2, 0.25) is 0 Å². The summed E-state index contributed by atoms with van der Waals surface area (Å²) < 4.78 is 0. The number of rotatable bonds is 5. The minimum Gasteiger partial charge on any atom is -0.322 e. The summed E-state index contributed by atoms with van der Waals surface area (Å²) in [6.45, 7) is 4.14. The van der Waals surface area contributed by atoms with Gasteiger partial charge in [-0.15, -0.1) is 0 Å². The Morgan fingerprint density at radius 1 is 1.30 bits per heavy atom. The number of nitrogens with one attached hydrogen (secondary N) is 1. The Hall–Kier alpha value is -2.40. The lowest BCUT2D eigenvalue weighted by molar-refractivity contribution is -0.384. The van der Waals surface area contributed by atoms with Crippen molar-refractivity contribution in [2.75, 3.05) is 5.32 Å². The molecule has 0 aliphatic heterocycles. The number of amides is 1. The van der Waals surface area contributed by atoms with Crippen molar-refractivity contribution in [3.63, 3.8) is 0 Å². The third kappa shape index (κ3) is 3.87. The number of benzene rings is 2. The second-order valence-corrected chi connectivity index (χ2v) is 5.68. The van der Waals surface area contributed by atoms with E-state index < -0.39 is 10.8 Å². The van der Waals surface area contributed by atoms with E-state index in [2.05, 4.69) is 19.2 Å². The number of anilines is 1. The van der Waals surface area contributed by atoms with Crippen molar-refractivity contribution in [1.82, 2.24) is 0 Å². The molecule has 1 unspecified atom stereocenters. The lowest BCUT2D eigenvalue weighted by atomic mass is 9.97. The number of non-ortho nitro benzene ring substituents is 1. The Kier molecular flexibility index (Phi) is 5.34. The molecule has 0 heterocycles. The van der Waals surface area contributed by atoms with Crippen molar-refractivity contribution >= 4 is 28.9 Å². The minimum atomic E-state index is -0.555. The summed E-state index contributed by atoms with van der Waals surface area (Å²) in [5.41, 5.74) is 1.62. The third-order valence-electron chi connectivity index (χ3n) is 3.76. The number of carbonyl (C=O) groups is 1. The first kappa shape index (κ1) is 17.0. The van der Waals surface area contributed by atoms with Crippen LogP contribution >= 0.6 is 11.6 Å². The zero-order valence-electron chi connectivity index (χ0n) is 12.9. The van der Waals surface area contributed by atoms with E-state index in [0.29, 0.717) is 5.69 Å². The molecule has 1 N–H and O–H groups in total. The summed E-state index contributed by atoms with van der Waals surface area (Å²) in [7, 11) is 0. The number of nitrogens with zero attached hydrogens (tertiary/aromatic N) is 1. The SMILES string of the molecule is CCC(C)c1ccccc1NC(=O)c1cc([N+](=O)[O-])ccc1Cl. The quantitative estimate of drug-likeness (QED) is 0.617. The predicted octanol–water partition coefficient (Wildman–Crippen LogP) is 5.01. The van der Waals surface area contributed by atoms with Gasteiger partial charge in [-0.05, 0) is 30.0 Å². The van der Waals surface area contributed by atoms with Crippen LogP contribution in [-0.4, -0.2) is 10.8 Å². The largest absolute Gasteiger partial charge is 0.322 e. The molecular weight excluding hydrogens is 316 g/mol. The highest BCUT2D eigenvalue weighted by molar-refractivity contribution is 6.34. The maximum Gasteiger partial charge on any atom is 0.270 e. The van der Waals surface area contributed by atoms with Crippen molar-refractivity contribution in [3.05, 3.63) is 68.7 Å². The van der Waals surface area contributed by atoms with E-state index in [9.17, 15) is 14.9 Å². The van der Waals surface area contributed by atoms with Gasteiger partial charge in [0, 0.05) is 17.8 Å². The molecule has 2 aromatic rings. The first-order chi connectivity index (χ1) is 10.9. The summed E-state index contributed by atoms with van der Waals surface area (Å²) in [6, 6.07) is 11.3. The van der Waals surface area contributed by atoms with Gasteiger partial charge in [-0.1, -0.05) is 43.6 Å². The van der Waals surface area contributed by atoms with E-state index in [4.69, 9.17) is 11.6 Å². The molecule has 0 saturated carbocycles. The Labute approximate surface area is 139 Å². The lowest BCUT2D eigenvalue weighted by Gasteiger charge is -2.16. The molecule has 0 spiro atoms. The second kappa shape index (κ2) is 7.24. The van der Waals surface area contributed by atoms with Crippen LogP contribution in [0.1, 0.15) is 42.1 Å². The van der Waals surface area contributed by atoms with E-state index in [1.807, 2.05) is 24.3 Å². The van der Waals surface area contributed by atoms with Gasteiger partial charge in [0.25, 0.3) is 11.6 Å². The smallest absolute Gasteiger partial charge is 0.270 e. The van der Waals surface area contributed by atoms with Gasteiger partial charge in [-0.2, -0.15) is 0 Å². The van der Waals surface area contributed by atoms with E-state index in [1.165, 1.54) is 18.2 Å². The van der Waals surface area contributed by atoms with Crippen LogP contribution in [-0.2, 0) is 0 Å². The van der Waals surface area contributed by atoms with E-state index in [0.717, 1.165) is 12.0 Å². The molecule has 0 saturated heterocycles. The molecule has 5 nitrogen and oxygen atoms in total. The van der Waals surface area contributed by atoms with Crippen LogP contribution in [0, 0.1) is 10.1 Å². The fraction of sp³-hybridized carbons (Fsp3) is 0.235. The highest BCUT2D eigenvalue weighted by atomic mass is 35.5. The van der Waals surface area contributed by atoms with Gasteiger partial charge in [0.1, 0.15) is 0 Å². The number of hydrogen-bond donors (Lipinski definition) is 1. The van der Waals surface area contributed by atoms with Crippen molar-refractivity contribution < 1.29 is 9.72 Å². The highest BCUT2D eigenvalue weighted by Gasteiger charge is 2.17. The lowest BCUT2D eigenvalue weighted by Crippen LogP contribution is -2.14. The molecular formula is C17H17ClN2O3. The van der Waals surface area contributed by atoms with Crippen LogP contribution in [0.3, 0.4) is 0 Å². The molecule has 2 aromatic carbocycles. The molecule has 2 rings (SSSR count). The van der Waals surface area contributed by atoms with Crippen LogP contribution in [0.15, 0.2) is 42.5 Å². The van der Waals surface area contributed by atoms with Crippen molar-refractivity contribution in [2.24, 2.45) is 0 Å². The Morgan fingerprint density at radius 3 is 2.65 bits per heavy atom. The van der Waals surface area contributed by atoms with E-state index in [1.54, 1.807) is 0 Å². The third-order valence-corrected chi connectivity index (χ3v) is 4.09. The van der Waals surface area contributed by atoms with Crippen LogP contribution in [0.25, 0.3) is 0 Å². The summed E-state index contributed by atoms with van der Waals surface area (Å²) in [6.07, 6.45) is 0.935. The minimum absolute atomic E-state index is 0.0832. The fourth-order valence-corrected chi connectivity index (χ4v) is 2.45. The maximum absolute atomic E-state index is 12.5. The fourth-order valence-electron chi connectivity index (χ4n) is 2.25. The predicted molar refractivity (Wildman–Crippen MR) is 91.2 cm³/mol. The molecule has 120 valence electrons. The summed E-state index contributed by atoms with van der Waals surface area (Å²) in [5.74, 6) is -0.179. The molecule has 23 heavy (non-hydrogen) atoms. The molecule has 0 aliphatic carbocycles. The van der Waals surface area contributed by atoms with Gasteiger partial charge in [0.05, 0.1) is 15.5 Å². The number of nitro benzene ring substituents is 1. The monoisotopic (exact) mass is 332 g/mol. The van der Waals surface area contributed by atoms with Gasteiger partial charge in [-0.25, -0.2) is 0 Å². The molecule has 1 atom stereocenters. The van der Waals surface area contributed by atoms with Crippen LogP contribution in [0.4, 0.5) is 11.4 Å². The first-order valence-corrected chi connectivity index (χ1v) is 7.66. The van der Waals surface area contributed by atoms with Gasteiger partial charge in [-0.3, -0.25) is 14.9 Å². The first-order valence-electron chi connectivity index (χ1n) is 7.28. The standard InChI is InChI=1S/C17H17ClN2O3/c1-3-11(2)13-6-4-5-7-16(13)19-17(21)14-10-12(20(22)23)8-9-15(14)18/h4-11H,3H2,1-2H3,(H,19,21). The highest BCUT2D eigenvalue weighted by Crippen LogP contribution is 2.28. The number of para-hydroxylation sites is 1. The van der Waals surface area contributed by atoms with Gasteiger partial charge in [0.15, 0.2) is 0 Å². The second-order valence-electron chi connectivity index (χ2n) is 5.27. The van der Waals surface area contributed by atoms with E-state index in [-0.39, 0.29) is 22.2 Å². The molecule has 0 aromatic heterocycles.